The van der Waals surface area contributed by atoms with Crippen LogP contribution < -0.4 is 0 Å². The highest BCUT2D eigenvalue weighted by Gasteiger charge is 2.26. The Hall–Kier alpha value is -1.72. The molecule has 0 saturated heterocycles. The molecule has 5 nitrogen and oxygen atoms in total. The number of hydrogen-bond donors (Lipinski definition) is 3. The van der Waals surface area contributed by atoms with Crippen LogP contribution in [0, 0.1) is 5.92 Å². The first-order valence-corrected chi connectivity index (χ1v) is 10.1. The summed E-state index contributed by atoms with van der Waals surface area (Å²) in [6.07, 6.45) is 7.44. The molecule has 0 aliphatic heterocycles. The average Bonchev–Trinajstić information content (AvgIpc) is 3.08. The molecule has 1 fully saturated rings. The lowest BCUT2D eigenvalue weighted by molar-refractivity contribution is -0.137. The number of benzene rings is 1. The Morgan fingerprint density at radius 3 is 2.37 bits per heavy atom. The first-order chi connectivity index (χ1) is 13.0. The Balaban J connectivity index is 0.000000345. The summed E-state index contributed by atoms with van der Waals surface area (Å²) < 4.78 is 0. The number of carbonyl (C=O) groups is 2. The summed E-state index contributed by atoms with van der Waals surface area (Å²) in [6, 6.07) is 8.87. The number of rotatable bonds is 10. The molecule has 1 aliphatic rings. The number of Topliss-reactive ketones (excluding diaryl/α,β-unsaturated/α-hetero) is 1. The fourth-order valence-electron chi connectivity index (χ4n) is 3.35. The van der Waals surface area contributed by atoms with Crippen LogP contribution in [0.4, 0.5) is 0 Å². The molecule has 0 bridgehead atoms. The van der Waals surface area contributed by atoms with Gasteiger partial charge in [-0.2, -0.15) is 0 Å². The maximum Gasteiger partial charge on any atom is 0.303 e. The zero-order valence-electron chi connectivity index (χ0n) is 16.3. The minimum absolute atomic E-state index is 0.219. The second-order valence-electron chi connectivity index (χ2n) is 7.29. The number of ketones is 1. The van der Waals surface area contributed by atoms with Gasteiger partial charge in [0.25, 0.3) is 0 Å². The first-order valence-electron chi connectivity index (χ1n) is 10.1. The van der Waals surface area contributed by atoms with E-state index in [0.29, 0.717) is 18.4 Å². The van der Waals surface area contributed by atoms with Crippen LogP contribution in [0.2, 0.25) is 0 Å². The summed E-state index contributed by atoms with van der Waals surface area (Å²) in [7, 11) is 0. The summed E-state index contributed by atoms with van der Waals surface area (Å²) >= 11 is 0. The zero-order valence-corrected chi connectivity index (χ0v) is 16.3. The standard InChI is InChI=1S/C15H20O3.C7H14O2/c16-13-8-4-7-11(13)9-10-14(17)15(18)12-5-2-1-3-6-12;1-2-3-4-5-6-7(8)9/h1-3,5-6,11,13-14,16-17H,4,7-10H2;2-6H2,1H3,(H,8,9). The second kappa shape index (κ2) is 13.4. The number of aliphatic hydroxyl groups excluding tert-OH is 2. The van der Waals surface area contributed by atoms with Crippen molar-refractivity contribution in [2.24, 2.45) is 5.92 Å². The second-order valence-corrected chi connectivity index (χ2v) is 7.29. The van der Waals surface area contributed by atoms with E-state index in [9.17, 15) is 19.8 Å². The van der Waals surface area contributed by atoms with Crippen molar-refractivity contribution in [1.29, 1.82) is 0 Å². The van der Waals surface area contributed by atoms with E-state index in [-0.39, 0.29) is 17.8 Å². The van der Waals surface area contributed by atoms with Gasteiger partial charge in [0.05, 0.1) is 6.10 Å². The SMILES string of the molecule is CCCCCCC(=O)O.O=C(c1ccccc1)C(O)CCC1CCCC1O. The topological polar surface area (TPSA) is 94.8 Å². The molecule has 0 radical (unpaired) electrons. The molecule has 1 saturated carbocycles. The van der Waals surface area contributed by atoms with Crippen LogP contribution in [-0.4, -0.2) is 39.3 Å². The summed E-state index contributed by atoms with van der Waals surface area (Å²) in [5.41, 5.74) is 0.553. The highest BCUT2D eigenvalue weighted by Crippen LogP contribution is 2.29. The molecule has 3 unspecified atom stereocenters. The number of carboxylic acid groups (broad SMARTS) is 1. The van der Waals surface area contributed by atoms with Gasteiger partial charge in [0.1, 0.15) is 6.10 Å². The van der Waals surface area contributed by atoms with Crippen molar-refractivity contribution in [3.63, 3.8) is 0 Å². The Morgan fingerprint density at radius 1 is 1.11 bits per heavy atom. The number of aliphatic hydroxyl groups is 2. The van der Waals surface area contributed by atoms with E-state index in [0.717, 1.165) is 44.9 Å². The molecule has 2 rings (SSSR count). The first kappa shape index (κ1) is 23.3. The van der Waals surface area contributed by atoms with Gasteiger partial charge >= 0.3 is 5.97 Å². The van der Waals surface area contributed by atoms with E-state index in [2.05, 4.69) is 6.92 Å². The van der Waals surface area contributed by atoms with Crippen molar-refractivity contribution in [3.05, 3.63) is 35.9 Å². The lowest BCUT2D eigenvalue weighted by atomic mass is 9.95. The lowest BCUT2D eigenvalue weighted by Crippen LogP contribution is -2.23. The predicted octanol–water partition coefficient (Wildman–Crippen LogP) is 4.21. The van der Waals surface area contributed by atoms with Gasteiger partial charge in [0, 0.05) is 12.0 Å². The molecule has 0 heterocycles. The van der Waals surface area contributed by atoms with E-state index < -0.39 is 12.1 Å². The van der Waals surface area contributed by atoms with Gasteiger partial charge in [0.2, 0.25) is 0 Å². The van der Waals surface area contributed by atoms with Crippen molar-refractivity contribution in [2.75, 3.05) is 0 Å². The van der Waals surface area contributed by atoms with Crippen LogP contribution in [0.1, 0.15) is 81.5 Å². The third-order valence-electron chi connectivity index (χ3n) is 5.04. The van der Waals surface area contributed by atoms with Gasteiger partial charge in [0.15, 0.2) is 5.78 Å². The summed E-state index contributed by atoms with van der Waals surface area (Å²) in [6.45, 7) is 2.11. The van der Waals surface area contributed by atoms with Gasteiger partial charge in [-0.3, -0.25) is 9.59 Å². The Kier molecular flexibility index (Phi) is 11.6. The van der Waals surface area contributed by atoms with E-state index in [1.807, 2.05) is 6.07 Å². The summed E-state index contributed by atoms with van der Waals surface area (Å²) in [4.78, 5) is 21.9. The third-order valence-corrected chi connectivity index (χ3v) is 5.04. The average molecular weight is 379 g/mol. The van der Waals surface area contributed by atoms with Crippen LogP contribution in [0.3, 0.4) is 0 Å². The van der Waals surface area contributed by atoms with Gasteiger partial charge in [-0.15, -0.1) is 0 Å². The fourth-order valence-corrected chi connectivity index (χ4v) is 3.35. The molecule has 0 aromatic heterocycles. The third kappa shape index (κ3) is 9.68. The lowest BCUT2D eigenvalue weighted by Gasteiger charge is -2.16. The number of hydrogen-bond acceptors (Lipinski definition) is 4. The van der Waals surface area contributed by atoms with E-state index in [1.165, 1.54) is 6.42 Å². The predicted molar refractivity (Wildman–Crippen MR) is 106 cm³/mol. The fraction of sp³-hybridized carbons (Fsp3) is 0.636. The maximum atomic E-state index is 11.9. The molecule has 152 valence electrons. The van der Waals surface area contributed by atoms with Gasteiger partial charge in [-0.1, -0.05) is 62.9 Å². The molecule has 1 aromatic rings. The largest absolute Gasteiger partial charge is 0.481 e. The molecule has 27 heavy (non-hydrogen) atoms. The maximum absolute atomic E-state index is 11.9. The number of unbranched alkanes of at least 4 members (excludes halogenated alkanes) is 3. The number of carboxylic acids is 1. The zero-order chi connectivity index (χ0) is 20.1. The van der Waals surface area contributed by atoms with Crippen LogP contribution in [-0.2, 0) is 4.79 Å². The van der Waals surface area contributed by atoms with Crippen LogP contribution in [0.15, 0.2) is 30.3 Å². The normalized spacial score (nSPS) is 19.8. The molecule has 0 spiro atoms. The van der Waals surface area contributed by atoms with E-state index >= 15 is 0 Å². The van der Waals surface area contributed by atoms with Crippen molar-refractivity contribution >= 4 is 11.8 Å². The van der Waals surface area contributed by atoms with Crippen molar-refractivity contribution in [2.45, 2.75) is 83.3 Å². The van der Waals surface area contributed by atoms with Crippen molar-refractivity contribution in [1.82, 2.24) is 0 Å². The Labute approximate surface area is 162 Å². The molecular formula is C22H34O5. The highest BCUT2D eigenvalue weighted by molar-refractivity contribution is 5.99. The van der Waals surface area contributed by atoms with Crippen LogP contribution in [0.5, 0.6) is 0 Å². The quantitative estimate of drug-likeness (QED) is 0.419. The molecule has 3 N–H and O–H groups in total. The monoisotopic (exact) mass is 378 g/mol. The summed E-state index contributed by atoms with van der Waals surface area (Å²) in [5.74, 6) is -0.641. The van der Waals surface area contributed by atoms with Gasteiger partial charge < -0.3 is 15.3 Å². The van der Waals surface area contributed by atoms with E-state index in [1.54, 1.807) is 24.3 Å². The number of aliphatic carboxylic acids is 1. The van der Waals surface area contributed by atoms with Crippen molar-refractivity contribution < 1.29 is 24.9 Å². The highest BCUT2D eigenvalue weighted by atomic mass is 16.4. The van der Waals surface area contributed by atoms with Gasteiger partial charge in [-0.05, 0) is 38.0 Å². The Morgan fingerprint density at radius 2 is 1.81 bits per heavy atom. The smallest absolute Gasteiger partial charge is 0.303 e. The number of carbonyl (C=O) groups excluding carboxylic acids is 1. The van der Waals surface area contributed by atoms with Gasteiger partial charge in [-0.25, -0.2) is 0 Å². The van der Waals surface area contributed by atoms with Crippen molar-refractivity contribution in [3.8, 4) is 0 Å². The van der Waals surface area contributed by atoms with Crippen LogP contribution >= 0.6 is 0 Å². The Bertz CT molecular complexity index is 543. The molecule has 1 aliphatic carbocycles. The van der Waals surface area contributed by atoms with Crippen LogP contribution in [0.25, 0.3) is 0 Å². The molecule has 1 aromatic carbocycles. The molecule has 3 atom stereocenters. The summed E-state index contributed by atoms with van der Waals surface area (Å²) in [5, 5.41) is 27.8. The molecule has 5 heteroatoms. The molecule has 0 amide bonds. The minimum Gasteiger partial charge on any atom is -0.481 e. The molecular weight excluding hydrogens is 344 g/mol. The van der Waals surface area contributed by atoms with E-state index in [4.69, 9.17) is 5.11 Å². The minimum atomic E-state index is -0.944.